The van der Waals surface area contributed by atoms with E-state index in [0.29, 0.717) is 0 Å². The molecule has 0 aliphatic rings. The van der Waals surface area contributed by atoms with Gasteiger partial charge in [-0.3, -0.25) is 0 Å². The lowest BCUT2D eigenvalue weighted by Crippen LogP contribution is -2.34. The zero-order valence-corrected chi connectivity index (χ0v) is 14.6. The van der Waals surface area contributed by atoms with Gasteiger partial charge in [-0.15, -0.1) is 4.98 Å². The smallest absolute Gasteiger partial charge is 0.225 e. The third-order valence-corrected chi connectivity index (χ3v) is 4.58. The normalized spacial score (nSPS) is 11.0. The minimum absolute atomic E-state index is 0.877. The molecule has 0 N–H and O–H groups in total. The summed E-state index contributed by atoms with van der Waals surface area (Å²) in [5.41, 5.74) is 3.27. The first-order valence-electron chi connectivity index (χ1n) is 8.87. The summed E-state index contributed by atoms with van der Waals surface area (Å²) in [4.78, 5) is 9.24. The number of nitrogens with zero attached hydrogens (tertiary/aromatic N) is 4. The molecule has 27 heavy (non-hydrogen) atoms. The number of hydrogen-bond acceptors (Lipinski definition) is 2. The molecule has 0 saturated heterocycles. The molecule has 5 rings (SSSR count). The first-order chi connectivity index (χ1) is 13.4. The van der Waals surface area contributed by atoms with Crippen LogP contribution in [0.3, 0.4) is 0 Å². The number of aromatic nitrogens is 4. The van der Waals surface area contributed by atoms with Crippen LogP contribution in [0.15, 0.2) is 103 Å². The van der Waals surface area contributed by atoms with Gasteiger partial charge in [0.25, 0.3) is 5.82 Å². The lowest BCUT2D eigenvalue weighted by molar-refractivity contribution is -0.559. The van der Waals surface area contributed by atoms with Crippen molar-refractivity contribution in [2.75, 3.05) is 0 Å². The molecule has 4 heteroatoms. The van der Waals surface area contributed by atoms with Gasteiger partial charge in [0.1, 0.15) is 17.2 Å². The second-order valence-electron chi connectivity index (χ2n) is 6.23. The van der Waals surface area contributed by atoms with Crippen LogP contribution in [0.25, 0.3) is 34.1 Å². The summed E-state index contributed by atoms with van der Waals surface area (Å²) in [6, 6.07) is 30.7. The highest BCUT2D eigenvalue weighted by atomic mass is 15.2. The maximum atomic E-state index is 4.62. The lowest BCUT2D eigenvalue weighted by atomic mass is 10.2. The van der Waals surface area contributed by atoms with Gasteiger partial charge in [0.15, 0.2) is 5.82 Å². The molecule has 0 saturated carbocycles. The van der Waals surface area contributed by atoms with Crippen molar-refractivity contribution in [2.45, 2.75) is 0 Å². The molecular formula is C23H17N4+. The molecular weight excluding hydrogens is 332 g/mol. The highest BCUT2D eigenvalue weighted by molar-refractivity contribution is 5.79. The molecule has 4 nitrogen and oxygen atoms in total. The van der Waals surface area contributed by atoms with E-state index in [1.165, 1.54) is 0 Å². The fraction of sp³-hybridized carbons (Fsp3) is 0. The van der Waals surface area contributed by atoms with E-state index in [0.717, 1.165) is 34.1 Å². The summed E-state index contributed by atoms with van der Waals surface area (Å²) in [6.45, 7) is 0. The van der Waals surface area contributed by atoms with E-state index in [-0.39, 0.29) is 0 Å². The standard InChI is InChI=1S/C23H17N4/c1-2-10-18(11-3-1)23-26(21-14-6-8-16-24-21)19-12-4-5-13-20(19)27(23)22-15-7-9-17-25-22/h1-17H/q+1. The molecule has 0 unspecified atom stereocenters. The maximum Gasteiger partial charge on any atom is 0.267 e. The number of pyridine rings is 2. The highest BCUT2D eigenvalue weighted by Gasteiger charge is 2.27. The van der Waals surface area contributed by atoms with Crippen molar-refractivity contribution in [2.24, 2.45) is 0 Å². The molecule has 3 aromatic heterocycles. The van der Waals surface area contributed by atoms with Gasteiger partial charge in [-0.25, -0.2) is 9.55 Å². The van der Waals surface area contributed by atoms with Crippen LogP contribution in [0, 0.1) is 0 Å². The Morgan fingerprint density at radius 1 is 0.630 bits per heavy atom. The van der Waals surface area contributed by atoms with Gasteiger partial charge in [-0.05, 0) is 42.5 Å². The first kappa shape index (κ1) is 15.5. The second-order valence-corrected chi connectivity index (χ2v) is 6.23. The summed E-state index contributed by atoms with van der Waals surface area (Å²) in [5, 5.41) is 0. The largest absolute Gasteiger partial charge is 0.267 e. The molecule has 0 bridgehead atoms. The van der Waals surface area contributed by atoms with Crippen molar-refractivity contribution in [3.05, 3.63) is 103 Å². The van der Waals surface area contributed by atoms with E-state index in [1.807, 2.05) is 54.9 Å². The molecule has 0 fully saturated rings. The predicted octanol–water partition coefficient (Wildman–Crippen LogP) is 4.36. The van der Waals surface area contributed by atoms with Crippen LogP contribution in [0.1, 0.15) is 0 Å². The van der Waals surface area contributed by atoms with Gasteiger partial charge in [-0.2, -0.15) is 4.57 Å². The Hall–Kier alpha value is -3.79. The molecule has 0 atom stereocenters. The van der Waals surface area contributed by atoms with Gasteiger partial charge >= 0.3 is 0 Å². The number of hydrogen-bond donors (Lipinski definition) is 0. The van der Waals surface area contributed by atoms with Crippen LogP contribution in [0.4, 0.5) is 0 Å². The summed E-state index contributed by atoms with van der Waals surface area (Å²) in [7, 11) is 0. The number of imidazole rings is 1. The average molecular weight is 349 g/mol. The van der Waals surface area contributed by atoms with Crippen molar-refractivity contribution in [3.63, 3.8) is 0 Å². The van der Waals surface area contributed by atoms with E-state index >= 15 is 0 Å². The summed E-state index contributed by atoms with van der Waals surface area (Å²) >= 11 is 0. The fourth-order valence-electron chi connectivity index (χ4n) is 3.45. The molecule has 0 radical (unpaired) electrons. The van der Waals surface area contributed by atoms with Gasteiger partial charge in [0.05, 0.1) is 0 Å². The third kappa shape index (κ3) is 2.59. The van der Waals surface area contributed by atoms with E-state index in [1.54, 1.807) is 0 Å². The van der Waals surface area contributed by atoms with Gasteiger partial charge < -0.3 is 0 Å². The van der Waals surface area contributed by atoms with E-state index < -0.39 is 0 Å². The molecule has 0 spiro atoms. The number of para-hydroxylation sites is 2. The quantitative estimate of drug-likeness (QED) is 0.454. The first-order valence-corrected chi connectivity index (χ1v) is 8.87. The second kappa shape index (κ2) is 6.50. The van der Waals surface area contributed by atoms with E-state index in [2.05, 4.69) is 67.6 Å². The topological polar surface area (TPSA) is 34.6 Å². The van der Waals surface area contributed by atoms with Gasteiger partial charge in [-0.1, -0.05) is 42.5 Å². The SMILES string of the molecule is c1ccc(-c2n(-c3ccccn3)c3ccccc3[n+]2-c2ccccn2)cc1. The summed E-state index contributed by atoms with van der Waals surface area (Å²) < 4.78 is 4.39. The van der Waals surface area contributed by atoms with Crippen molar-refractivity contribution in [1.29, 1.82) is 0 Å². The van der Waals surface area contributed by atoms with Crippen LogP contribution in [0.2, 0.25) is 0 Å². The fourth-order valence-corrected chi connectivity index (χ4v) is 3.45. The molecule has 0 aliphatic heterocycles. The Labute approximate surface area is 157 Å². The molecule has 0 amide bonds. The molecule has 5 aromatic rings. The van der Waals surface area contributed by atoms with E-state index in [4.69, 9.17) is 0 Å². The van der Waals surface area contributed by atoms with Crippen LogP contribution < -0.4 is 4.57 Å². The van der Waals surface area contributed by atoms with E-state index in [9.17, 15) is 0 Å². The Kier molecular flexibility index (Phi) is 3.72. The molecule has 128 valence electrons. The average Bonchev–Trinajstić information content (AvgIpc) is 3.11. The Balaban J connectivity index is 1.97. The third-order valence-electron chi connectivity index (χ3n) is 4.58. The van der Waals surface area contributed by atoms with Crippen LogP contribution in [-0.2, 0) is 0 Å². The van der Waals surface area contributed by atoms with Crippen LogP contribution in [-0.4, -0.2) is 14.5 Å². The minimum Gasteiger partial charge on any atom is -0.225 e. The monoisotopic (exact) mass is 349 g/mol. The van der Waals surface area contributed by atoms with Gasteiger partial charge in [0.2, 0.25) is 5.82 Å². The Bertz CT molecular complexity index is 1120. The molecule has 2 aromatic carbocycles. The minimum atomic E-state index is 0.877. The maximum absolute atomic E-state index is 4.62. The number of benzene rings is 2. The number of fused-ring (bicyclic) bond motifs is 1. The molecule has 0 aliphatic carbocycles. The van der Waals surface area contributed by atoms with Crippen LogP contribution in [0.5, 0.6) is 0 Å². The highest BCUT2D eigenvalue weighted by Crippen LogP contribution is 2.27. The van der Waals surface area contributed by atoms with Crippen molar-refractivity contribution >= 4 is 11.0 Å². The number of rotatable bonds is 3. The van der Waals surface area contributed by atoms with Gasteiger partial charge in [0, 0.05) is 17.8 Å². The summed E-state index contributed by atoms with van der Waals surface area (Å²) in [5.74, 6) is 2.78. The Morgan fingerprint density at radius 3 is 2.07 bits per heavy atom. The Morgan fingerprint density at radius 2 is 1.33 bits per heavy atom. The lowest BCUT2D eigenvalue weighted by Gasteiger charge is -2.06. The van der Waals surface area contributed by atoms with Crippen molar-refractivity contribution < 1.29 is 4.57 Å². The van der Waals surface area contributed by atoms with Crippen molar-refractivity contribution in [3.8, 4) is 23.0 Å². The van der Waals surface area contributed by atoms with Crippen molar-refractivity contribution in [1.82, 2.24) is 14.5 Å². The molecule has 3 heterocycles. The predicted molar refractivity (Wildman–Crippen MR) is 106 cm³/mol. The zero-order chi connectivity index (χ0) is 18.1. The zero-order valence-electron chi connectivity index (χ0n) is 14.6. The summed E-state index contributed by atoms with van der Waals surface area (Å²) in [6.07, 6.45) is 3.65. The van der Waals surface area contributed by atoms with Crippen LogP contribution >= 0.6 is 0 Å².